The molecule has 0 saturated carbocycles. The molecule has 0 saturated heterocycles. The van der Waals surface area contributed by atoms with Gasteiger partial charge in [-0.3, -0.25) is 9.88 Å². The van der Waals surface area contributed by atoms with Gasteiger partial charge in [-0.05, 0) is 20.9 Å². The Morgan fingerprint density at radius 1 is 1.38 bits per heavy atom. The predicted octanol–water partition coefficient (Wildman–Crippen LogP) is 0.916. The molecule has 0 aliphatic heterocycles. The first-order valence-electron chi connectivity index (χ1n) is 5.44. The molecule has 0 aromatic carbocycles. The van der Waals surface area contributed by atoms with Gasteiger partial charge in [-0.15, -0.1) is 0 Å². The Labute approximate surface area is 96.6 Å². The summed E-state index contributed by atoms with van der Waals surface area (Å²) in [5, 5.41) is 0. The summed E-state index contributed by atoms with van der Waals surface area (Å²) < 4.78 is 5.47. The van der Waals surface area contributed by atoms with Crippen molar-refractivity contribution < 1.29 is 4.74 Å². The lowest BCUT2D eigenvalue weighted by molar-refractivity contribution is 0.0625. The van der Waals surface area contributed by atoms with Crippen LogP contribution in [0.15, 0.2) is 12.4 Å². The van der Waals surface area contributed by atoms with Crippen LogP contribution in [-0.2, 0) is 11.3 Å². The average molecular weight is 224 g/mol. The van der Waals surface area contributed by atoms with Crippen molar-refractivity contribution in [2.45, 2.75) is 26.5 Å². The zero-order valence-electron chi connectivity index (χ0n) is 10.2. The van der Waals surface area contributed by atoms with Gasteiger partial charge < -0.3 is 10.5 Å². The van der Waals surface area contributed by atoms with Crippen LogP contribution in [0.2, 0.25) is 0 Å². The lowest BCUT2D eigenvalue weighted by atomic mass is 10.4. The Hall–Kier alpha value is -1.20. The van der Waals surface area contributed by atoms with Crippen LogP contribution in [0.1, 0.15) is 19.5 Å². The molecule has 0 spiro atoms. The van der Waals surface area contributed by atoms with Crippen LogP contribution in [-0.4, -0.2) is 41.2 Å². The molecule has 1 rings (SSSR count). The van der Waals surface area contributed by atoms with Gasteiger partial charge in [0.15, 0.2) is 0 Å². The highest BCUT2D eigenvalue weighted by Crippen LogP contribution is 2.00. The van der Waals surface area contributed by atoms with Crippen molar-refractivity contribution >= 4 is 5.82 Å². The molecule has 0 amide bonds. The predicted molar refractivity (Wildman–Crippen MR) is 63.9 cm³/mol. The average Bonchev–Trinajstić information content (AvgIpc) is 2.21. The lowest BCUT2D eigenvalue weighted by Gasteiger charge is -2.16. The minimum Gasteiger partial charge on any atom is -0.382 e. The van der Waals surface area contributed by atoms with Gasteiger partial charge in [-0.25, -0.2) is 4.98 Å². The second-order valence-corrected chi connectivity index (χ2v) is 4.09. The number of nitrogen functional groups attached to an aromatic ring is 1. The van der Waals surface area contributed by atoms with Crippen LogP contribution in [0.3, 0.4) is 0 Å². The maximum atomic E-state index is 5.47. The fourth-order valence-electron chi connectivity index (χ4n) is 1.25. The van der Waals surface area contributed by atoms with E-state index in [0.717, 1.165) is 25.4 Å². The molecule has 0 bridgehead atoms. The third kappa shape index (κ3) is 5.04. The standard InChI is InChI=1S/C11H20N4O/c1-9(2)16-5-4-15(3)8-10-6-14-11(12)7-13-10/h6-7,9H,4-5,8H2,1-3H3,(H2,12,14). The summed E-state index contributed by atoms with van der Waals surface area (Å²) in [6.07, 6.45) is 3.56. The van der Waals surface area contributed by atoms with E-state index in [9.17, 15) is 0 Å². The highest BCUT2D eigenvalue weighted by atomic mass is 16.5. The molecule has 5 nitrogen and oxygen atoms in total. The number of ether oxygens (including phenoxy) is 1. The second-order valence-electron chi connectivity index (χ2n) is 4.09. The van der Waals surface area contributed by atoms with Crippen LogP contribution >= 0.6 is 0 Å². The number of rotatable bonds is 6. The number of anilines is 1. The number of likely N-dealkylation sites (N-methyl/N-ethyl adjacent to an activating group) is 1. The van der Waals surface area contributed by atoms with E-state index in [0.29, 0.717) is 5.82 Å². The number of hydrogen-bond donors (Lipinski definition) is 1. The molecule has 0 fully saturated rings. The summed E-state index contributed by atoms with van der Waals surface area (Å²) in [5.74, 6) is 0.453. The van der Waals surface area contributed by atoms with Crippen LogP contribution in [0.4, 0.5) is 5.82 Å². The van der Waals surface area contributed by atoms with Gasteiger partial charge in [0.05, 0.1) is 30.8 Å². The second kappa shape index (κ2) is 6.40. The summed E-state index contributed by atoms with van der Waals surface area (Å²) in [6, 6.07) is 0. The van der Waals surface area contributed by atoms with E-state index in [-0.39, 0.29) is 6.10 Å². The zero-order chi connectivity index (χ0) is 12.0. The van der Waals surface area contributed by atoms with E-state index in [2.05, 4.69) is 14.9 Å². The van der Waals surface area contributed by atoms with Crippen molar-refractivity contribution in [2.75, 3.05) is 25.9 Å². The SMILES string of the molecule is CC(C)OCCN(C)Cc1cnc(N)cn1. The van der Waals surface area contributed by atoms with E-state index in [4.69, 9.17) is 10.5 Å². The molecule has 0 atom stereocenters. The largest absolute Gasteiger partial charge is 0.382 e. The molecule has 16 heavy (non-hydrogen) atoms. The molecule has 1 aromatic rings. The highest BCUT2D eigenvalue weighted by molar-refractivity contribution is 5.22. The number of nitrogens with zero attached hydrogens (tertiary/aromatic N) is 3. The molecule has 5 heteroatoms. The third-order valence-corrected chi connectivity index (χ3v) is 2.08. The first-order chi connectivity index (χ1) is 7.58. The third-order valence-electron chi connectivity index (χ3n) is 2.08. The highest BCUT2D eigenvalue weighted by Gasteiger charge is 2.02. The van der Waals surface area contributed by atoms with Crippen LogP contribution in [0.5, 0.6) is 0 Å². The topological polar surface area (TPSA) is 64.3 Å². The summed E-state index contributed by atoms with van der Waals surface area (Å²) in [5.41, 5.74) is 6.38. The van der Waals surface area contributed by atoms with Crippen molar-refractivity contribution in [2.24, 2.45) is 0 Å². The Morgan fingerprint density at radius 3 is 2.69 bits per heavy atom. The van der Waals surface area contributed by atoms with Gasteiger partial charge in [0, 0.05) is 13.1 Å². The fourth-order valence-corrected chi connectivity index (χ4v) is 1.25. The Balaban J connectivity index is 2.28. The fraction of sp³-hybridized carbons (Fsp3) is 0.636. The van der Waals surface area contributed by atoms with Gasteiger partial charge in [-0.1, -0.05) is 0 Å². The van der Waals surface area contributed by atoms with E-state index >= 15 is 0 Å². The van der Waals surface area contributed by atoms with Crippen molar-refractivity contribution in [3.05, 3.63) is 18.1 Å². The molecule has 90 valence electrons. The van der Waals surface area contributed by atoms with Gasteiger partial charge in [0.2, 0.25) is 0 Å². The minimum atomic E-state index is 0.282. The quantitative estimate of drug-likeness (QED) is 0.778. The van der Waals surface area contributed by atoms with E-state index in [1.165, 1.54) is 0 Å². The van der Waals surface area contributed by atoms with Crippen molar-refractivity contribution in [1.82, 2.24) is 14.9 Å². The van der Waals surface area contributed by atoms with Crippen molar-refractivity contribution in [3.63, 3.8) is 0 Å². The first-order valence-corrected chi connectivity index (χ1v) is 5.44. The molecule has 2 N–H and O–H groups in total. The first kappa shape index (κ1) is 12.9. The molecular formula is C11H20N4O. The van der Waals surface area contributed by atoms with E-state index in [1.807, 2.05) is 20.9 Å². The maximum Gasteiger partial charge on any atom is 0.141 e. The lowest BCUT2D eigenvalue weighted by Crippen LogP contribution is -2.24. The van der Waals surface area contributed by atoms with Gasteiger partial charge in [-0.2, -0.15) is 0 Å². The van der Waals surface area contributed by atoms with Gasteiger partial charge in [0.25, 0.3) is 0 Å². The van der Waals surface area contributed by atoms with Crippen LogP contribution in [0.25, 0.3) is 0 Å². The molecule has 1 heterocycles. The molecule has 0 aliphatic carbocycles. The molecule has 0 aliphatic rings. The van der Waals surface area contributed by atoms with Gasteiger partial charge in [0.1, 0.15) is 5.82 Å². The number of nitrogens with two attached hydrogens (primary N) is 1. The summed E-state index contributed by atoms with van der Waals surface area (Å²) in [7, 11) is 2.03. The molecular weight excluding hydrogens is 204 g/mol. The Kier molecular flexibility index (Phi) is 5.14. The zero-order valence-corrected chi connectivity index (χ0v) is 10.2. The van der Waals surface area contributed by atoms with Crippen LogP contribution in [0, 0.1) is 0 Å². The van der Waals surface area contributed by atoms with Crippen molar-refractivity contribution in [1.29, 1.82) is 0 Å². The van der Waals surface area contributed by atoms with Gasteiger partial charge >= 0.3 is 0 Å². The summed E-state index contributed by atoms with van der Waals surface area (Å²) >= 11 is 0. The summed E-state index contributed by atoms with van der Waals surface area (Å²) in [6.45, 7) is 6.44. The number of hydrogen-bond acceptors (Lipinski definition) is 5. The van der Waals surface area contributed by atoms with E-state index in [1.54, 1.807) is 12.4 Å². The molecule has 1 aromatic heterocycles. The normalized spacial score (nSPS) is 11.3. The maximum absolute atomic E-state index is 5.47. The number of aromatic nitrogens is 2. The smallest absolute Gasteiger partial charge is 0.141 e. The van der Waals surface area contributed by atoms with Crippen LogP contribution < -0.4 is 5.73 Å². The van der Waals surface area contributed by atoms with E-state index < -0.39 is 0 Å². The summed E-state index contributed by atoms with van der Waals surface area (Å²) in [4.78, 5) is 10.3. The Morgan fingerprint density at radius 2 is 2.12 bits per heavy atom. The Bertz CT molecular complexity index is 299. The molecule has 0 unspecified atom stereocenters. The minimum absolute atomic E-state index is 0.282. The van der Waals surface area contributed by atoms with Crippen molar-refractivity contribution in [3.8, 4) is 0 Å². The molecule has 0 radical (unpaired) electrons. The monoisotopic (exact) mass is 224 g/mol.